The first-order chi connectivity index (χ1) is 8.14. The van der Waals surface area contributed by atoms with Gasteiger partial charge in [-0.15, -0.1) is 0 Å². The second kappa shape index (κ2) is 4.12. The van der Waals surface area contributed by atoms with Crippen LogP contribution in [0.1, 0.15) is 47.5 Å². The molecule has 4 nitrogen and oxygen atoms in total. The van der Waals surface area contributed by atoms with Crippen LogP contribution in [0.25, 0.3) is 0 Å². The highest BCUT2D eigenvalue weighted by atomic mass is 16.6. The number of ether oxygens (including phenoxy) is 1. The van der Waals surface area contributed by atoms with Crippen molar-refractivity contribution in [3.8, 4) is 0 Å². The van der Waals surface area contributed by atoms with E-state index in [2.05, 4.69) is 13.8 Å². The van der Waals surface area contributed by atoms with Gasteiger partial charge in [0.25, 0.3) is 0 Å². The Kier molecular flexibility index (Phi) is 3.13. The molecule has 3 atom stereocenters. The molecule has 1 amide bonds. The molecule has 18 heavy (non-hydrogen) atoms. The fourth-order valence-electron chi connectivity index (χ4n) is 3.17. The van der Waals surface area contributed by atoms with Crippen molar-refractivity contribution in [3.05, 3.63) is 0 Å². The zero-order valence-electron chi connectivity index (χ0n) is 12.2. The molecule has 1 aliphatic carbocycles. The van der Waals surface area contributed by atoms with Gasteiger partial charge < -0.3 is 15.4 Å². The minimum Gasteiger partial charge on any atom is -0.444 e. The van der Waals surface area contributed by atoms with Crippen LogP contribution in [0.4, 0.5) is 4.79 Å². The third-order valence-electron chi connectivity index (χ3n) is 4.34. The van der Waals surface area contributed by atoms with Crippen molar-refractivity contribution in [2.45, 2.75) is 65.1 Å². The molecule has 1 saturated carbocycles. The van der Waals surface area contributed by atoms with Gasteiger partial charge in [-0.2, -0.15) is 0 Å². The number of carbonyl (C=O) groups excluding carboxylic acids is 1. The summed E-state index contributed by atoms with van der Waals surface area (Å²) in [6, 6.07) is 0.482. The number of amides is 1. The van der Waals surface area contributed by atoms with Gasteiger partial charge in [0.15, 0.2) is 0 Å². The molecule has 2 N–H and O–H groups in total. The van der Waals surface area contributed by atoms with Crippen molar-refractivity contribution in [2.75, 3.05) is 6.54 Å². The van der Waals surface area contributed by atoms with Gasteiger partial charge in [0.2, 0.25) is 0 Å². The number of likely N-dealkylation sites (tertiary alicyclic amines) is 1. The van der Waals surface area contributed by atoms with E-state index in [-0.39, 0.29) is 23.6 Å². The summed E-state index contributed by atoms with van der Waals surface area (Å²) < 4.78 is 5.48. The molecule has 0 bridgehead atoms. The zero-order valence-corrected chi connectivity index (χ0v) is 12.2. The fourth-order valence-corrected chi connectivity index (χ4v) is 3.17. The molecule has 1 heterocycles. The number of hydrogen-bond donors (Lipinski definition) is 1. The Labute approximate surface area is 110 Å². The standard InChI is InChI=1S/C14H26N2O2/c1-13(2,3)18-12(17)16-8-6-7-9(16)10-11(15)14(10,4)5/h9-11H,6-8,15H2,1-5H3. The van der Waals surface area contributed by atoms with Crippen LogP contribution in [-0.4, -0.2) is 35.2 Å². The molecular formula is C14H26N2O2. The first-order valence-corrected chi connectivity index (χ1v) is 6.90. The summed E-state index contributed by atoms with van der Waals surface area (Å²) >= 11 is 0. The third-order valence-corrected chi connectivity index (χ3v) is 4.34. The van der Waals surface area contributed by atoms with Gasteiger partial charge in [-0.25, -0.2) is 4.79 Å². The maximum Gasteiger partial charge on any atom is 0.410 e. The third kappa shape index (κ3) is 2.35. The fraction of sp³-hybridized carbons (Fsp3) is 0.929. The Balaban J connectivity index is 2.03. The predicted octanol–water partition coefficient (Wildman–Crippen LogP) is 2.37. The van der Waals surface area contributed by atoms with Gasteiger partial charge in [-0.05, 0) is 39.0 Å². The molecule has 2 aliphatic rings. The highest BCUT2D eigenvalue weighted by Crippen LogP contribution is 2.55. The minimum absolute atomic E-state index is 0.162. The Bertz CT molecular complexity index is 346. The van der Waals surface area contributed by atoms with Crippen molar-refractivity contribution < 1.29 is 9.53 Å². The number of nitrogens with two attached hydrogens (primary N) is 1. The first kappa shape index (κ1) is 13.7. The lowest BCUT2D eigenvalue weighted by atomic mass is 10.0. The van der Waals surface area contributed by atoms with Crippen LogP contribution >= 0.6 is 0 Å². The van der Waals surface area contributed by atoms with Gasteiger partial charge in [0.1, 0.15) is 5.60 Å². The predicted molar refractivity (Wildman–Crippen MR) is 71.2 cm³/mol. The highest BCUT2D eigenvalue weighted by molar-refractivity contribution is 5.69. The second-order valence-electron chi connectivity index (χ2n) is 7.26. The largest absolute Gasteiger partial charge is 0.444 e. The summed E-state index contributed by atoms with van der Waals surface area (Å²) in [6.45, 7) is 10.9. The average Bonchev–Trinajstić information content (AvgIpc) is 2.63. The maximum atomic E-state index is 12.2. The Morgan fingerprint density at radius 2 is 1.94 bits per heavy atom. The summed E-state index contributed by atoms with van der Waals surface area (Å²) in [4.78, 5) is 14.1. The van der Waals surface area contributed by atoms with Gasteiger partial charge in [0, 0.05) is 24.5 Å². The molecule has 2 rings (SSSR count). The van der Waals surface area contributed by atoms with E-state index in [1.165, 1.54) is 0 Å². The van der Waals surface area contributed by atoms with Crippen LogP contribution < -0.4 is 5.73 Å². The Morgan fingerprint density at radius 1 is 1.39 bits per heavy atom. The molecule has 0 radical (unpaired) electrons. The average molecular weight is 254 g/mol. The molecule has 1 saturated heterocycles. The monoisotopic (exact) mass is 254 g/mol. The van der Waals surface area contributed by atoms with E-state index in [4.69, 9.17) is 10.5 Å². The van der Waals surface area contributed by atoms with Gasteiger partial charge in [-0.1, -0.05) is 13.8 Å². The van der Waals surface area contributed by atoms with Crippen LogP contribution in [0.2, 0.25) is 0 Å². The van der Waals surface area contributed by atoms with E-state index < -0.39 is 5.60 Å². The molecule has 0 aromatic carbocycles. The molecule has 104 valence electrons. The van der Waals surface area contributed by atoms with Crippen molar-refractivity contribution in [1.29, 1.82) is 0 Å². The smallest absolute Gasteiger partial charge is 0.410 e. The van der Waals surface area contributed by atoms with Crippen LogP contribution in [0, 0.1) is 11.3 Å². The lowest BCUT2D eigenvalue weighted by Gasteiger charge is -2.29. The molecule has 1 aliphatic heterocycles. The maximum absolute atomic E-state index is 12.2. The molecule has 3 unspecified atom stereocenters. The van der Waals surface area contributed by atoms with E-state index in [1.54, 1.807) is 0 Å². The number of rotatable bonds is 1. The van der Waals surface area contributed by atoms with Crippen molar-refractivity contribution in [2.24, 2.45) is 17.1 Å². The number of hydrogen-bond acceptors (Lipinski definition) is 3. The SMILES string of the molecule is CC(C)(C)OC(=O)N1CCCC1C1C(N)C1(C)C. The molecule has 0 aromatic rings. The van der Waals surface area contributed by atoms with Crippen LogP contribution in [0.5, 0.6) is 0 Å². The Morgan fingerprint density at radius 3 is 2.39 bits per heavy atom. The Hall–Kier alpha value is -0.770. The summed E-state index contributed by atoms with van der Waals surface area (Å²) in [5, 5.41) is 0. The first-order valence-electron chi connectivity index (χ1n) is 6.90. The molecular weight excluding hydrogens is 228 g/mol. The molecule has 0 aromatic heterocycles. The van der Waals surface area contributed by atoms with E-state index in [0.29, 0.717) is 5.92 Å². The van der Waals surface area contributed by atoms with Gasteiger partial charge in [0.05, 0.1) is 0 Å². The van der Waals surface area contributed by atoms with E-state index in [1.807, 2.05) is 25.7 Å². The molecule has 2 fully saturated rings. The summed E-state index contributed by atoms with van der Waals surface area (Å²) in [6.07, 6.45) is 1.93. The van der Waals surface area contributed by atoms with Crippen LogP contribution in [0.3, 0.4) is 0 Å². The number of carbonyl (C=O) groups is 1. The lowest BCUT2D eigenvalue weighted by Crippen LogP contribution is -2.41. The topological polar surface area (TPSA) is 55.6 Å². The zero-order chi connectivity index (χ0) is 13.7. The highest BCUT2D eigenvalue weighted by Gasteiger charge is 2.61. The van der Waals surface area contributed by atoms with Crippen molar-refractivity contribution in [1.82, 2.24) is 4.90 Å². The van der Waals surface area contributed by atoms with Crippen molar-refractivity contribution in [3.63, 3.8) is 0 Å². The molecule has 4 heteroatoms. The summed E-state index contributed by atoms with van der Waals surface area (Å²) in [5.74, 6) is 0.424. The van der Waals surface area contributed by atoms with E-state index in [0.717, 1.165) is 19.4 Å². The summed E-state index contributed by atoms with van der Waals surface area (Å²) in [7, 11) is 0. The van der Waals surface area contributed by atoms with Crippen LogP contribution in [-0.2, 0) is 4.74 Å². The van der Waals surface area contributed by atoms with Crippen LogP contribution in [0.15, 0.2) is 0 Å². The lowest BCUT2D eigenvalue weighted by molar-refractivity contribution is 0.0200. The van der Waals surface area contributed by atoms with E-state index >= 15 is 0 Å². The normalized spacial score (nSPS) is 34.6. The molecule has 0 spiro atoms. The van der Waals surface area contributed by atoms with Gasteiger partial charge >= 0.3 is 6.09 Å². The van der Waals surface area contributed by atoms with Crippen molar-refractivity contribution >= 4 is 6.09 Å². The minimum atomic E-state index is -0.425. The quantitative estimate of drug-likeness (QED) is 0.781. The number of nitrogens with zero attached hydrogens (tertiary/aromatic N) is 1. The summed E-state index contributed by atoms with van der Waals surface area (Å²) in [5.41, 5.74) is 5.87. The van der Waals surface area contributed by atoms with E-state index in [9.17, 15) is 4.79 Å². The van der Waals surface area contributed by atoms with Gasteiger partial charge in [-0.3, -0.25) is 0 Å². The second-order valence-corrected chi connectivity index (χ2v) is 7.26.